The minimum Gasteiger partial charge on any atom is -0.857 e. The molecule has 90 valence electrons. The zero-order chi connectivity index (χ0) is 12.8. The van der Waals surface area contributed by atoms with Crippen LogP contribution in [0.2, 0.25) is 5.02 Å². The SMILES string of the molecule is C[O-].Cc1cc(Br)cc(-c2[c-]cc(Cl)cc2)c1.[K+]. The van der Waals surface area contributed by atoms with Gasteiger partial charge in [-0.3, -0.25) is 0 Å². The van der Waals surface area contributed by atoms with Gasteiger partial charge >= 0.3 is 51.4 Å². The standard InChI is InChI=1S/C13H9BrCl.CH3O.K/c1-9-6-11(8-12(14)7-9)10-2-4-13(15)5-3-10;1-2;/h2,4-8H,1H3;1H3;/q2*-1;+1. The van der Waals surface area contributed by atoms with Gasteiger partial charge in [-0.1, -0.05) is 39.2 Å². The van der Waals surface area contributed by atoms with Crippen molar-refractivity contribution in [2.75, 3.05) is 7.11 Å². The number of hydrogen-bond donors (Lipinski definition) is 0. The molecule has 4 heteroatoms. The molecule has 0 atom stereocenters. The first-order valence-corrected chi connectivity index (χ1v) is 6.18. The summed E-state index contributed by atoms with van der Waals surface area (Å²) in [6.07, 6.45) is 0. The Hall–Kier alpha value is 0.806. The van der Waals surface area contributed by atoms with Gasteiger partial charge in [0.1, 0.15) is 0 Å². The van der Waals surface area contributed by atoms with Crippen LogP contribution >= 0.6 is 27.5 Å². The van der Waals surface area contributed by atoms with E-state index in [4.69, 9.17) is 16.7 Å². The van der Waals surface area contributed by atoms with Gasteiger partial charge in [0.25, 0.3) is 0 Å². The minimum absolute atomic E-state index is 0. The van der Waals surface area contributed by atoms with Gasteiger partial charge < -0.3 is 5.11 Å². The summed E-state index contributed by atoms with van der Waals surface area (Å²) in [6.45, 7) is 2.07. The molecule has 0 aliphatic carbocycles. The van der Waals surface area contributed by atoms with E-state index < -0.39 is 0 Å². The van der Waals surface area contributed by atoms with Gasteiger partial charge in [-0.05, 0) is 18.0 Å². The van der Waals surface area contributed by atoms with Crippen LogP contribution in [0.1, 0.15) is 5.56 Å². The molecule has 0 N–H and O–H groups in total. The van der Waals surface area contributed by atoms with Crippen molar-refractivity contribution in [3.8, 4) is 11.1 Å². The quantitative estimate of drug-likeness (QED) is 0.553. The molecule has 2 rings (SSSR count). The Morgan fingerprint density at radius 1 is 1.17 bits per heavy atom. The molecule has 0 spiro atoms. The topological polar surface area (TPSA) is 23.1 Å². The van der Waals surface area contributed by atoms with Crippen LogP contribution in [0.4, 0.5) is 0 Å². The van der Waals surface area contributed by atoms with Crippen LogP contribution in [0.5, 0.6) is 0 Å². The Bertz CT molecular complexity index is 465. The van der Waals surface area contributed by atoms with E-state index in [1.165, 1.54) is 5.56 Å². The van der Waals surface area contributed by atoms with Crippen LogP contribution in [0.3, 0.4) is 0 Å². The van der Waals surface area contributed by atoms with Crippen molar-refractivity contribution in [2.45, 2.75) is 6.92 Å². The summed E-state index contributed by atoms with van der Waals surface area (Å²) in [4.78, 5) is 0. The van der Waals surface area contributed by atoms with E-state index in [0.717, 1.165) is 22.7 Å². The molecule has 0 heterocycles. The van der Waals surface area contributed by atoms with Crippen LogP contribution in [-0.2, 0) is 0 Å². The molecule has 0 aliphatic heterocycles. The zero-order valence-corrected chi connectivity index (χ0v) is 16.1. The number of rotatable bonds is 1. The first-order chi connectivity index (χ1) is 8.15. The Balaban J connectivity index is 0.000000917. The van der Waals surface area contributed by atoms with Gasteiger partial charge in [-0.2, -0.15) is 7.11 Å². The second-order valence-corrected chi connectivity index (χ2v) is 4.79. The monoisotopic (exact) mass is 349 g/mol. The molecular weight excluding hydrogens is 339 g/mol. The summed E-state index contributed by atoms with van der Waals surface area (Å²) in [5.41, 5.74) is 3.44. The predicted octanol–water partition coefficient (Wildman–Crippen LogP) is 0.859. The molecule has 18 heavy (non-hydrogen) atoms. The van der Waals surface area contributed by atoms with Crippen LogP contribution in [0, 0.1) is 13.0 Å². The van der Waals surface area contributed by atoms with Gasteiger partial charge in [-0.15, -0.1) is 41.4 Å². The summed E-state index contributed by atoms with van der Waals surface area (Å²) in [5.74, 6) is 0. The second-order valence-electron chi connectivity index (χ2n) is 3.44. The van der Waals surface area contributed by atoms with Crippen molar-refractivity contribution in [3.63, 3.8) is 0 Å². The Labute approximate surface area is 164 Å². The first kappa shape index (κ1) is 18.8. The normalized spacial score (nSPS) is 8.94. The number of halogens is 2. The Kier molecular flexibility index (Phi) is 10.1. The molecule has 0 radical (unpaired) electrons. The molecule has 0 saturated heterocycles. The summed E-state index contributed by atoms with van der Waals surface area (Å²) in [5, 5.41) is 8.96. The van der Waals surface area contributed by atoms with E-state index in [9.17, 15) is 0 Å². The zero-order valence-electron chi connectivity index (χ0n) is 10.6. The van der Waals surface area contributed by atoms with Crippen molar-refractivity contribution in [1.29, 1.82) is 0 Å². The van der Waals surface area contributed by atoms with Crippen molar-refractivity contribution in [3.05, 3.63) is 57.5 Å². The van der Waals surface area contributed by atoms with Gasteiger partial charge in [-0.25, -0.2) is 0 Å². The van der Waals surface area contributed by atoms with Crippen molar-refractivity contribution in [2.24, 2.45) is 0 Å². The molecule has 0 saturated carbocycles. The number of benzene rings is 2. The molecule has 1 nitrogen and oxygen atoms in total. The molecule has 0 aromatic heterocycles. The molecular formula is C14H12BrClKO-. The van der Waals surface area contributed by atoms with E-state index in [-0.39, 0.29) is 51.4 Å². The van der Waals surface area contributed by atoms with Gasteiger partial charge in [0.2, 0.25) is 0 Å². The second kappa shape index (κ2) is 9.67. The fourth-order valence-corrected chi connectivity index (χ4v) is 2.20. The molecule has 0 aliphatic rings. The molecule has 2 aromatic carbocycles. The summed E-state index contributed by atoms with van der Waals surface area (Å²) in [6, 6.07) is 15.1. The van der Waals surface area contributed by atoms with Crippen molar-refractivity contribution >= 4 is 27.5 Å². The fourth-order valence-electron chi connectivity index (χ4n) is 1.48. The largest absolute Gasteiger partial charge is 1.00 e. The Morgan fingerprint density at radius 2 is 1.83 bits per heavy atom. The van der Waals surface area contributed by atoms with Crippen molar-refractivity contribution in [1.82, 2.24) is 0 Å². The first-order valence-electron chi connectivity index (χ1n) is 5.01. The maximum absolute atomic E-state index is 8.25. The van der Waals surface area contributed by atoms with Gasteiger partial charge in [0, 0.05) is 4.47 Å². The molecule has 0 amide bonds. The van der Waals surface area contributed by atoms with E-state index in [1.54, 1.807) is 6.07 Å². The average Bonchev–Trinajstić information content (AvgIpc) is 2.31. The van der Waals surface area contributed by atoms with Crippen LogP contribution in [-0.4, -0.2) is 7.11 Å². The van der Waals surface area contributed by atoms with Crippen LogP contribution < -0.4 is 56.5 Å². The van der Waals surface area contributed by atoms with Crippen molar-refractivity contribution < 1.29 is 56.5 Å². The molecule has 2 aromatic rings. The summed E-state index contributed by atoms with van der Waals surface area (Å²) in [7, 11) is 0.750. The third kappa shape index (κ3) is 5.84. The molecule has 0 fully saturated rings. The van der Waals surface area contributed by atoms with E-state index in [1.807, 2.05) is 12.1 Å². The van der Waals surface area contributed by atoms with Gasteiger partial charge in [0.15, 0.2) is 0 Å². The third-order valence-corrected chi connectivity index (χ3v) is 2.82. The summed E-state index contributed by atoms with van der Waals surface area (Å²) < 4.78 is 1.08. The van der Waals surface area contributed by atoms with E-state index in [0.29, 0.717) is 5.02 Å². The summed E-state index contributed by atoms with van der Waals surface area (Å²) >= 11 is 9.31. The smallest absolute Gasteiger partial charge is 0.857 e. The van der Waals surface area contributed by atoms with E-state index in [2.05, 4.69) is 47.1 Å². The number of hydrogen-bond acceptors (Lipinski definition) is 1. The van der Waals surface area contributed by atoms with E-state index >= 15 is 0 Å². The minimum atomic E-state index is 0. The maximum atomic E-state index is 8.25. The average molecular weight is 351 g/mol. The maximum Gasteiger partial charge on any atom is 1.00 e. The van der Waals surface area contributed by atoms with Crippen LogP contribution in [0.25, 0.3) is 11.1 Å². The number of aryl methyl sites for hydroxylation is 1. The third-order valence-electron chi connectivity index (χ3n) is 2.13. The fraction of sp³-hybridized carbons (Fsp3) is 0.143. The molecule has 0 unspecified atom stereocenters. The Morgan fingerprint density at radius 3 is 2.33 bits per heavy atom. The predicted molar refractivity (Wildman–Crippen MR) is 74.1 cm³/mol. The molecule has 0 bridgehead atoms. The van der Waals surface area contributed by atoms with Crippen LogP contribution in [0.15, 0.2) is 40.9 Å². The van der Waals surface area contributed by atoms with Gasteiger partial charge in [0.05, 0.1) is 0 Å².